The van der Waals surface area contributed by atoms with Crippen molar-refractivity contribution in [3.63, 3.8) is 0 Å². The summed E-state index contributed by atoms with van der Waals surface area (Å²) in [6.07, 6.45) is 13.2. The van der Waals surface area contributed by atoms with Crippen LogP contribution in [-0.2, 0) is 66.5 Å². The first-order valence-corrected chi connectivity index (χ1v) is 18.5. The van der Waals surface area contributed by atoms with E-state index in [-0.39, 0.29) is 39.6 Å². The Morgan fingerprint density at radius 1 is 0.364 bits per heavy atom. The van der Waals surface area contributed by atoms with Crippen molar-refractivity contribution in [2.45, 2.75) is 6.42 Å². The predicted octanol–water partition coefficient (Wildman–Crippen LogP) is 0.199. The first-order chi connectivity index (χ1) is 26.9. The standard InChI is InChI=1S/C37H60N4O14/c1-46-20-3-21-48-27-31-53-35(43)5-9-39-16-18-41(19-17-39)11-7-37(45)55-33-29-51-26-24-49-23-25-50-28-32-54-36(44)6-10-40-14-12-38(13-15-40)8-4-34(42)52-30-22-47-2/h4-11H,3,12-33H2,1-2H3/b8-4+,9-5+,10-6+,11-7+. The van der Waals surface area contributed by atoms with Crippen molar-refractivity contribution < 1.29 is 66.5 Å². The number of nitrogens with zero attached hydrogens (tertiary/aromatic N) is 4. The Labute approximate surface area is 324 Å². The Hall–Kier alpha value is -4.20. The molecule has 0 radical (unpaired) electrons. The molecule has 0 aromatic carbocycles. The number of ether oxygens (including phenoxy) is 10. The maximum absolute atomic E-state index is 12.0. The van der Waals surface area contributed by atoms with Crippen LogP contribution in [0.15, 0.2) is 49.1 Å². The summed E-state index contributed by atoms with van der Waals surface area (Å²) in [6, 6.07) is 0. The van der Waals surface area contributed by atoms with Crippen LogP contribution in [0.5, 0.6) is 0 Å². The smallest absolute Gasteiger partial charge is 0.332 e. The van der Waals surface area contributed by atoms with Gasteiger partial charge in [-0.2, -0.15) is 0 Å². The third-order valence-electron chi connectivity index (χ3n) is 7.71. The maximum atomic E-state index is 12.0. The number of carbonyl (C=O) groups is 4. The van der Waals surface area contributed by atoms with Gasteiger partial charge in [-0.3, -0.25) is 0 Å². The predicted molar refractivity (Wildman–Crippen MR) is 198 cm³/mol. The number of carbonyl (C=O) groups excluding carboxylic acids is 4. The zero-order valence-electron chi connectivity index (χ0n) is 32.4. The van der Waals surface area contributed by atoms with Gasteiger partial charge >= 0.3 is 23.9 Å². The Morgan fingerprint density at radius 2 is 0.618 bits per heavy atom. The minimum Gasteiger partial charge on any atom is -0.460 e. The van der Waals surface area contributed by atoms with Crippen molar-refractivity contribution in [1.82, 2.24) is 19.6 Å². The van der Waals surface area contributed by atoms with Crippen LogP contribution < -0.4 is 0 Å². The van der Waals surface area contributed by atoms with Crippen LogP contribution in [-0.4, -0.2) is 203 Å². The zero-order valence-corrected chi connectivity index (χ0v) is 32.4. The van der Waals surface area contributed by atoms with Gasteiger partial charge in [-0.25, -0.2) is 19.2 Å². The molecule has 0 amide bonds. The van der Waals surface area contributed by atoms with Crippen molar-refractivity contribution in [2.75, 3.05) is 159 Å². The first kappa shape index (κ1) is 47.0. The average molecular weight is 785 g/mol. The zero-order chi connectivity index (χ0) is 39.6. The number of esters is 4. The molecule has 2 aliphatic heterocycles. The van der Waals surface area contributed by atoms with Crippen molar-refractivity contribution in [1.29, 1.82) is 0 Å². The van der Waals surface area contributed by atoms with Gasteiger partial charge in [0.2, 0.25) is 0 Å². The van der Waals surface area contributed by atoms with Crippen molar-refractivity contribution in [2.24, 2.45) is 0 Å². The lowest BCUT2D eigenvalue weighted by Gasteiger charge is -2.33. The molecular formula is C37H60N4O14. The Bertz CT molecular complexity index is 1170. The van der Waals surface area contributed by atoms with Crippen molar-refractivity contribution >= 4 is 23.9 Å². The maximum Gasteiger partial charge on any atom is 0.332 e. The van der Waals surface area contributed by atoms with Gasteiger partial charge in [-0.1, -0.05) is 0 Å². The second-order valence-corrected chi connectivity index (χ2v) is 11.9. The van der Waals surface area contributed by atoms with Crippen LogP contribution in [0, 0.1) is 0 Å². The molecule has 2 aliphatic rings. The van der Waals surface area contributed by atoms with E-state index in [1.807, 2.05) is 19.6 Å². The van der Waals surface area contributed by atoms with Crippen molar-refractivity contribution in [3.05, 3.63) is 49.1 Å². The Balaban J connectivity index is 1.35. The molecule has 0 aliphatic carbocycles. The van der Waals surface area contributed by atoms with Gasteiger partial charge in [0.15, 0.2) is 0 Å². The summed E-state index contributed by atoms with van der Waals surface area (Å²) in [5.41, 5.74) is 0. The second-order valence-electron chi connectivity index (χ2n) is 11.9. The fourth-order valence-corrected chi connectivity index (χ4v) is 4.71. The lowest BCUT2D eigenvalue weighted by atomic mass is 10.3. The monoisotopic (exact) mass is 784 g/mol. The van der Waals surface area contributed by atoms with E-state index in [1.165, 1.54) is 24.3 Å². The minimum absolute atomic E-state index is 0.124. The molecule has 18 nitrogen and oxygen atoms in total. The van der Waals surface area contributed by atoms with Crippen LogP contribution in [0.1, 0.15) is 6.42 Å². The number of hydrogen-bond donors (Lipinski definition) is 0. The minimum atomic E-state index is -0.453. The molecule has 0 N–H and O–H groups in total. The highest BCUT2D eigenvalue weighted by Gasteiger charge is 2.14. The Morgan fingerprint density at radius 3 is 0.909 bits per heavy atom. The summed E-state index contributed by atoms with van der Waals surface area (Å²) in [6.45, 7) is 10.0. The van der Waals surface area contributed by atoms with E-state index in [0.29, 0.717) is 105 Å². The number of hydrogen-bond acceptors (Lipinski definition) is 18. The van der Waals surface area contributed by atoms with Gasteiger partial charge < -0.3 is 67.0 Å². The molecule has 2 saturated heterocycles. The molecule has 2 fully saturated rings. The molecular weight excluding hydrogens is 724 g/mol. The van der Waals surface area contributed by atoms with E-state index < -0.39 is 23.9 Å². The molecule has 0 spiro atoms. The van der Waals surface area contributed by atoms with Gasteiger partial charge in [-0.15, -0.1) is 0 Å². The van der Waals surface area contributed by atoms with Gasteiger partial charge in [0, 0.05) is 129 Å². The topological polar surface area (TPSA) is 174 Å². The van der Waals surface area contributed by atoms with Gasteiger partial charge in [0.25, 0.3) is 0 Å². The summed E-state index contributed by atoms with van der Waals surface area (Å²) in [4.78, 5) is 55.5. The molecule has 0 aromatic heterocycles. The highest BCUT2D eigenvalue weighted by molar-refractivity contribution is 5.82. The van der Waals surface area contributed by atoms with Crippen LogP contribution in [0.4, 0.5) is 0 Å². The van der Waals surface area contributed by atoms with Gasteiger partial charge in [0.05, 0.1) is 52.9 Å². The summed E-state index contributed by atoms with van der Waals surface area (Å²) in [5.74, 6) is -1.73. The number of piperazine rings is 2. The second kappa shape index (κ2) is 32.1. The summed E-state index contributed by atoms with van der Waals surface area (Å²) in [5, 5.41) is 0. The number of methoxy groups -OCH3 is 2. The quantitative estimate of drug-likeness (QED) is 0.0418. The molecule has 0 saturated carbocycles. The summed E-state index contributed by atoms with van der Waals surface area (Å²) >= 11 is 0. The van der Waals surface area contributed by atoms with E-state index in [0.717, 1.165) is 6.42 Å². The Kier molecular flexibility index (Phi) is 27.4. The van der Waals surface area contributed by atoms with Crippen LogP contribution in [0.2, 0.25) is 0 Å². The summed E-state index contributed by atoms with van der Waals surface area (Å²) in [7, 11) is 3.18. The molecule has 0 aromatic rings. The molecule has 0 unspecified atom stereocenters. The van der Waals surface area contributed by atoms with E-state index in [9.17, 15) is 19.2 Å². The molecule has 2 rings (SSSR count). The highest BCUT2D eigenvalue weighted by atomic mass is 16.6. The third kappa shape index (κ3) is 26.3. The fraction of sp³-hybridized carbons (Fsp3) is 0.676. The van der Waals surface area contributed by atoms with Gasteiger partial charge in [0.1, 0.15) is 26.4 Å². The molecule has 312 valence electrons. The first-order valence-electron chi connectivity index (χ1n) is 18.5. The normalized spacial score (nSPS) is 15.2. The lowest BCUT2D eigenvalue weighted by Crippen LogP contribution is -2.41. The third-order valence-corrected chi connectivity index (χ3v) is 7.71. The number of rotatable bonds is 30. The van der Waals surface area contributed by atoms with E-state index >= 15 is 0 Å². The molecule has 0 bridgehead atoms. The van der Waals surface area contributed by atoms with E-state index in [2.05, 4.69) is 0 Å². The molecule has 55 heavy (non-hydrogen) atoms. The lowest BCUT2D eigenvalue weighted by molar-refractivity contribution is -0.140. The largest absolute Gasteiger partial charge is 0.460 e. The van der Waals surface area contributed by atoms with Crippen LogP contribution in [0.3, 0.4) is 0 Å². The molecule has 0 atom stereocenters. The average Bonchev–Trinajstić information content (AvgIpc) is 3.20. The summed E-state index contributed by atoms with van der Waals surface area (Å²) < 4.78 is 51.9. The van der Waals surface area contributed by atoms with E-state index in [1.54, 1.807) is 39.0 Å². The van der Waals surface area contributed by atoms with Crippen LogP contribution in [0.25, 0.3) is 0 Å². The molecule has 18 heteroatoms. The van der Waals surface area contributed by atoms with Gasteiger partial charge in [-0.05, 0) is 6.42 Å². The highest BCUT2D eigenvalue weighted by Crippen LogP contribution is 2.05. The molecule has 2 heterocycles. The fourth-order valence-electron chi connectivity index (χ4n) is 4.71. The van der Waals surface area contributed by atoms with Crippen LogP contribution >= 0.6 is 0 Å². The SMILES string of the molecule is COCCCOCCOC(=O)/C=C/N1CCN(/C=C/C(=O)OCCOCCOCCOCCOC(=O)/C=C/N2CCN(/C=C/C(=O)OCCOC)CC2)CC1. The van der Waals surface area contributed by atoms with E-state index in [4.69, 9.17) is 47.4 Å². The van der Waals surface area contributed by atoms with Crippen molar-refractivity contribution in [3.8, 4) is 0 Å².